The number of hydrogen-bond donors (Lipinski definition) is 2. The molecule has 0 bridgehead atoms. The molecule has 0 aromatic heterocycles. The Kier molecular flexibility index (Phi) is 3.47. The van der Waals surface area contributed by atoms with Crippen LogP contribution in [0.25, 0.3) is 0 Å². The van der Waals surface area contributed by atoms with Crippen LogP contribution in [-0.2, 0) is 4.79 Å². The molecule has 2 aromatic rings. The Morgan fingerprint density at radius 1 is 1.29 bits per heavy atom. The maximum absolute atomic E-state index is 11.9. The van der Waals surface area contributed by atoms with Crippen molar-refractivity contribution in [1.29, 1.82) is 0 Å². The third kappa shape index (κ3) is 2.43. The van der Waals surface area contributed by atoms with Crippen molar-refractivity contribution < 1.29 is 4.79 Å². The lowest BCUT2D eigenvalue weighted by Gasteiger charge is -2.17. The van der Waals surface area contributed by atoms with E-state index in [9.17, 15) is 4.79 Å². The van der Waals surface area contributed by atoms with Gasteiger partial charge in [-0.25, -0.2) is 0 Å². The van der Waals surface area contributed by atoms with E-state index >= 15 is 0 Å². The van der Waals surface area contributed by atoms with E-state index in [2.05, 4.69) is 11.4 Å². The van der Waals surface area contributed by atoms with E-state index in [4.69, 9.17) is 17.3 Å². The molecule has 0 spiro atoms. The molecule has 1 aliphatic rings. The number of anilines is 1. The fourth-order valence-electron chi connectivity index (χ4n) is 2.80. The SMILES string of the molecule is Cc1cccc(C(N)c2cc(Cl)cc3c2NC(=O)C3C)c1. The molecule has 1 aliphatic heterocycles. The van der Waals surface area contributed by atoms with Crippen LogP contribution in [0.4, 0.5) is 5.69 Å². The number of halogens is 1. The molecule has 1 amide bonds. The standard InChI is InChI=1S/C17H17ClN2O/c1-9-4-3-5-11(6-9)15(19)14-8-12(18)7-13-10(2)17(21)20-16(13)14/h3-8,10,15H,19H2,1-2H3,(H,20,21). The molecule has 108 valence electrons. The summed E-state index contributed by atoms with van der Waals surface area (Å²) in [6.45, 7) is 3.90. The highest BCUT2D eigenvalue weighted by atomic mass is 35.5. The molecule has 4 heteroatoms. The van der Waals surface area contributed by atoms with Gasteiger partial charge in [-0.15, -0.1) is 0 Å². The van der Waals surface area contributed by atoms with E-state index in [-0.39, 0.29) is 17.9 Å². The number of fused-ring (bicyclic) bond motifs is 1. The summed E-state index contributed by atoms with van der Waals surface area (Å²) in [4.78, 5) is 11.9. The number of rotatable bonds is 2. The van der Waals surface area contributed by atoms with E-state index in [1.165, 1.54) is 0 Å². The van der Waals surface area contributed by atoms with Crippen molar-refractivity contribution in [3.8, 4) is 0 Å². The van der Waals surface area contributed by atoms with Crippen LogP contribution in [0, 0.1) is 6.92 Å². The summed E-state index contributed by atoms with van der Waals surface area (Å²) in [5.41, 5.74) is 11.2. The highest BCUT2D eigenvalue weighted by Gasteiger charge is 2.30. The van der Waals surface area contributed by atoms with Crippen LogP contribution in [0.15, 0.2) is 36.4 Å². The molecule has 21 heavy (non-hydrogen) atoms. The van der Waals surface area contributed by atoms with Crippen LogP contribution in [0.5, 0.6) is 0 Å². The first-order valence-corrected chi connectivity index (χ1v) is 7.31. The molecule has 0 saturated carbocycles. The smallest absolute Gasteiger partial charge is 0.231 e. The second-order valence-corrected chi connectivity index (χ2v) is 6.00. The lowest BCUT2D eigenvalue weighted by Crippen LogP contribution is -2.15. The van der Waals surface area contributed by atoms with Crippen molar-refractivity contribution in [3.05, 3.63) is 63.7 Å². The van der Waals surface area contributed by atoms with E-state index < -0.39 is 0 Å². The average Bonchev–Trinajstić information content (AvgIpc) is 2.73. The van der Waals surface area contributed by atoms with Gasteiger partial charge in [-0.3, -0.25) is 4.79 Å². The van der Waals surface area contributed by atoms with Gasteiger partial charge in [0.1, 0.15) is 0 Å². The second-order valence-electron chi connectivity index (χ2n) is 5.56. The Hall–Kier alpha value is -1.84. The predicted molar refractivity (Wildman–Crippen MR) is 85.7 cm³/mol. The lowest BCUT2D eigenvalue weighted by molar-refractivity contribution is -0.116. The number of hydrogen-bond acceptors (Lipinski definition) is 2. The third-order valence-corrected chi connectivity index (χ3v) is 4.23. The first-order chi connectivity index (χ1) is 9.97. The Balaban J connectivity index is 2.11. The van der Waals surface area contributed by atoms with Crippen LogP contribution in [0.2, 0.25) is 5.02 Å². The first-order valence-electron chi connectivity index (χ1n) is 6.93. The number of benzene rings is 2. The van der Waals surface area contributed by atoms with Crippen molar-refractivity contribution in [1.82, 2.24) is 0 Å². The van der Waals surface area contributed by atoms with Gasteiger partial charge >= 0.3 is 0 Å². The maximum atomic E-state index is 11.9. The minimum Gasteiger partial charge on any atom is -0.325 e. The van der Waals surface area contributed by atoms with Gasteiger partial charge in [0, 0.05) is 10.7 Å². The number of carbonyl (C=O) groups is 1. The molecule has 2 unspecified atom stereocenters. The predicted octanol–water partition coefficient (Wildman–Crippen LogP) is 3.75. The quantitative estimate of drug-likeness (QED) is 0.887. The van der Waals surface area contributed by atoms with Crippen molar-refractivity contribution in [3.63, 3.8) is 0 Å². The van der Waals surface area contributed by atoms with Gasteiger partial charge in [-0.05, 0) is 42.7 Å². The first kappa shape index (κ1) is 14.1. The van der Waals surface area contributed by atoms with E-state index in [1.807, 2.05) is 44.2 Å². The number of nitrogens with one attached hydrogen (secondary N) is 1. The minimum absolute atomic E-state index is 0.00930. The maximum Gasteiger partial charge on any atom is 0.231 e. The molecule has 3 rings (SSSR count). The zero-order valence-corrected chi connectivity index (χ0v) is 12.7. The molecule has 0 saturated heterocycles. The molecule has 2 atom stereocenters. The Morgan fingerprint density at radius 3 is 2.76 bits per heavy atom. The summed E-state index contributed by atoms with van der Waals surface area (Å²) in [6.07, 6.45) is 0. The van der Waals surface area contributed by atoms with Crippen molar-refractivity contribution in [2.45, 2.75) is 25.8 Å². The molecule has 0 fully saturated rings. The molecule has 2 aromatic carbocycles. The average molecular weight is 301 g/mol. The molecule has 0 aliphatic carbocycles. The van der Waals surface area contributed by atoms with Gasteiger partial charge in [-0.1, -0.05) is 41.4 Å². The van der Waals surface area contributed by atoms with Gasteiger partial charge in [0.25, 0.3) is 0 Å². The van der Waals surface area contributed by atoms with Crippen molar-refractivity contribution >= 4 is 23.2 Å². The number of carbonyl (C=O) groups excluding carboxylic acids is 1. The van der Waals surface area contributed by atoms with Crippen molar-refractivity contribution in [2.24, 2.45) is 5.73 Å². The topological polar surface area (TPSA) is 55.1 Å². The molecule has 3 N–H and O–H groups in total. The summed E-state index contributed by atoms with van der Waals surface area (Å²) in [6, 6.07) is 11.4. The van der Waals surface area contributed by atoms with Crippen molar-refractivity contribution in [2.75, 3.05) is 5.32 Å². The highest BCUT2D eigenvalue weighted by Crippen LogP contribution is 2.40. The summed E-state index contributed by atoms with van der Waals surface area (Å²) < 4.78 is 0. The van der Waals surface area contributed by atoms with E-state index in [0.717, 1.165) is 27.9 Å². The number of aryl methyl sites for hydroxylation is 1. The van der Waals surface area contributed by atoms with E-state index in [1.54, 1.807) is 0 Å². The monoisotopic (exact) mass is 300 g/mol. The lowest BCUT2D eigenvalue weighted by atomic mass is 9.93. The molecular formula is C17H17ClN2O. The summed E-state index contributed by atoms with van der Waals surface area (Å²) >= 11 is 6.21. The van der Waals surface area contributed by atoms with Gasteiger partial charge < -0.3 is 11.1 Å². The Labute approximate surface area is 129 Å². The molecular weight excluding hydrogens is 284 g/mol. The third-order valence-electron chi connectivity index (χ3n) is 4.01. The summed E-state index contributed by atoms with van der Waals surface area (Å²) in [5, 5.41) is 3.54. The molecule has 3 nitrogen and oxygen atoms in total. The largest absolute Gasteiger partial charge is 0.325 e. The van der Waals surface area contributed by atoms with E-state index in [0.29, 0.717) is 5.02 Å². The highest BCUT2D eigenvalue weighted by molar-refractivity contribution is 6.31. The van der Waals surface area contributed by atoms with Crippen LogP contribution in [0.3, 0.4) is 0 Å². The van der Waals surface area contributed by atoms with Gasteiger partial charge in [-0.2, -0.15) is 0 Å². The van der Waals surface area contributed by atoms with Crippen LogP contribution in [-0.4, -0.2) is 5.91 Å². The zero-order chi connectivity index (χ0) is 15.1. The van der Waals surface area contributed by atoms with Crippen LogP contribution < -0.4 is 11.1 Å². The fraction of sp³-hybridized carbons (Fsp3) is 0.235. The number of amides is 1. The Bertz CT molecular complexity index is 727. The van der Waals surface area contributed by atoms with Crippen LogP contribution in [0.1, 0.15) is 41.1 Å². The fourth-order valence-corrected chi connectivity index (χ4v) is 3.03. The normalized spacial score (nSPS) is 18.3. The minimum atomic E-state index is -0.317. The number of nitrogens with two attached hydrogens (primary N) is 1. The molecule has 0 radical (unpaired) electrons. The zero-order valence-electron chi connectivity index (χ0n) is 12.0. The second kappa shape index (κ2) is 5.17. The van der Waals surface area contributed by atoms with Crippen LogP contribution >= 0.6 is 11.6 Å². The van der Waals surface area contributed by atoms with Gasteiger partial charge in [0.15, 0.2) is 0 Å². The summed E-state index contributed by atoms with van der Waals surface area (Å²) in [7, 11) is 0. The van der Waals surface area contributed by atoms with Gasteiger partial charge in [0.05, 0.1) is 12.0 Å². The Morgan fingerprint density at radius 2 is 2.05 bits per heavy atom. The summed E-state index contributed by atoms with van der Waals surface area (Å²) in [5.74, 6) is -0.202. The van der Waals surface area contributed by atoms with Gasteiger partial charge in [0.2, 0.25) is 5.91 Å². The molecule has 1 heterocycles.